The molecule has 9 heteroatoms. The third-order valence-electron chi connectivity index (χ3n) is 2.02. The van der Waals surface area contributed by atoms with Gasteiger partial charge in [0, 0.05) is 12.7 Å². The number of aromatic nitrogens is 1. The number of hydrazine groups is 1. The quantitative estimate of drug-likeness (QED) is 0.296. The first-order valence-electron chi connectivity index (χ1n) is 5.31. The number of rotatable bonds is 7. The molecule has 0 spiro atoms. The second-order valence-corrected chi connectivity index (χ2v) is 3.88. The number of anilines is 1. The van der Waals surface area contributed by atoms with Crippen molar-refractivity contribution < 1.29 is 14.3 Å². The van der Waals surface area contributed by atoms with Crippen LogP contribution in [-0.4, -0.2) is 36.6 Å². The second kappa shape index (κ2) is 7.52. The predicted molar refractivity (Wildman–Crippen MR) is 69.4 cm³/mol. The molecule has 1 rings (SSSR count). The molecule has 0 bridgehead atoms. The molecule has 104 valence electrons. The molecule has 0 aliphatic rings. The van der Waals surface area contributed by atoms with Gasteiger partial charge in [0.05, 0.1) is 17.2 Å². The number of halogens is 1. The average Bonchev–Trinajstić information content (AvgIpc) is 2.37. The average molecular weight is 288 g/mol. The van der Waals surface area contributed by atoms with Gasteiger partial charge in [0.1, 0.15) is 6.61 Å². The number of nitrogen functional groups attached to an aromatic ring is 1. The summed E-state index contributed by atoms with van der Waals surface area (Å²) in [4.78, 5) is 25.9. The highest BCUT2D eigenvalue weighted by Crippen LogP contribution is 2.18. The van der Waals surface area contributed by atoms with Crippen LogP contribution >= 0.6 is 11.6 Å². The summed E-state index contributed by atoms with van der Waals surface area (Å²) < 4.78 is 4.88. The van der Waals surface area contributed by atoms with E-state index >= 15 is 0 Å². The largest absolute Gasteiger partial charge is 0.370 e. The molecule has 1 aromatic heterocycles. The van der Waals surface area contributed by atoms with Gasteiger partial charge in [0.15, 0.2) is 5.82 Å². The lowest BCUT2D eigenvalue weighted by Gasteiger charge is -2.07. The summed E-state index contributed by atoms with van der Waals surface area (Å²) in [5.41, 5.74) is 7.46. The first kappa shape index (κ1) is 15.2. The number of pyridine rings is 1. The molecule has 0 radical (unpaired) electrons. The topological polar surface area (TPSA) is 132 Å². The van der Waals surface area contributed by atoms with Crippen LogP contribution < -0.4 is 22.3 Å². The van der Waals surface area contributed by atoms with E-state index in [9.17, 15) is 9.59 Å². The van der Waals surface area contributed by atoms with Gasteiger partial charge in [-0.25, -0.2) is 10.8 Å². The van der Waals surface area contributed by atoms with Crippen molar-refractivity contribution in [2.75, 3.05) is 25.2 Å². The van der Waals surface area contributed by atoms with Crippen molar-refractivity contribution in [2.45, 2.75) is 0 Å². The van der Waals surface area contributed by atoms with Gasteiger partial charge in [0.25, 0.3) is 5.91 Å². The van der Waals surface area contributed by atoms with Crippen LogP contribution in [-0.2, 0) is 9.53 Å². The lowest BCUT2D eigenvalue weighted by atomic mass is 10.2. The Labute approximate surface area is 114 Å². The van der Waals surface area contributed by atoms with E-state index in [-0.39, 0.29) is 36.5 Å². The van der Waals surface area contributed by atoms with Crippen LogP contribution in [0.5, 0.6) is 0 Å². The molecule has 0 aliphatic carbocycles. The van der Waals surface area contributed by atoms with Crippen LogP contribution in [0.2, 0.25) is 5.02 Å². The summed E-state index contributed by atoms with van der Waals surface area (Å²) in [6.07, 6.45) is 1.33. The van der Waals surface area contributed by atoms with E-state index < -0.39 is 5.91 Å². The Morgan fingerprint density at radius 3 is 2.79 bits per heavy atom. The molecular formula is C10H14ClN5O3. The van der Waals surface area contributed by atoms with Gasteiger partial charge in [0.2, 0.25) is 5.91 Å². The van der Waals surface area contributed by atoms with E-state index in [1.165, 1.54) is 12.3 Å². The van der Waals surface area contributed by atoms with Crippen molar-refractivity contribution in [3.8, 4) is 0 Å². The van der Waals surface area contributed by atoms with Crippen molar-refractivity contribution in [1.29, 1.82) is 0 Å². The van der Waals surface area contributed by atoms with Gasteiger partial charge in [-0.3, -0.25) is 9.59 Å². The van der Waals surface area contributed by atoms with E-state index in [1.807, 2.05) is 0 Å². The van der Waals surface area contributed by atoms with Crippen LogP contribution in [0.15, 0.2) is 12.3 Å². The van der Waals surface area contributed by atoms with Crippen molar-refractivity contribution in [3.05, 3.63) is 22.8 Å². The monoisotopic (exact) mass is 287 g/mol. The molecule has 1 aromatic rings. The molecule has 19 heavy (non-hydrogen) atoms. The van der Waals surface area contributed by atoms with Gasteiger partial charge in [-0.2, -0.15) is 0 Å². The third kappa shape index (κ3) is 5.08. The molecule has 0 aliphatic heterocycles. The van der Waals surface area contributed by atoms with Crippen LogP contribution in [0, 0.1) is 0 Å². The number of carbonyl (C=O) groups is 2. The first-order chi connectivity index (χ1) is 9.04. The Hall–Kier alpha value is -1.90. The molecule has 0 saturated heterocycles. The number of hydrogen-bond donors (Lipinski definition) is 4. The minimum absolute atomic E-state index is 0.179. The number of primary amides is 1. The van der Waals surface area contributed by atoms with Gasteiger partial charge < -0.3 is 21.2 Å². The smallest absolute Gasteiger partial charge is 0.252 e. The Kier molecular flexibility index (Phi) is 6.00. The number of hydrogen-bond acceptors (Lipinski definition) is 6. The summed E-state index contributed by atoms with van der Waals surface area (Å²) in [5, 5.41) is 2.81. The Morgan fingerprint density at radius 1 is 1.47 bits per heavy atom. The SMILES string of the molecule is NNc1ncc(C(=O)NCCOCC(N)=O)cc1Cl. The lowest BCUT2D eigenvalue weighted by molar-refractivity contribution is -0.122. The van der Waals surface area contributed by atoms with E-state index in [1.54, 1.807) is 0 Å². The summed E-state index contributed by atoms with van der Waals surface area (Å²) >= 11 is 5.83. The molecule has 2 amide bonds. The van der Waals surface area contributed by atoms with Crippen LogP contribution in [0.3, 0.4) is 0 Å². The second-order valence-electron chi connectivity index (χ2n) is 3.47. The fourth-order valence-electron chi connectivity index (χ4n) is 1.18. The maximum Gasteiger partial charge on any atom is 0.252 e. The summed E-state index contributed by atoms with van der Waals surface area (Å²) in [6.45, 7) is 0.235. The number of carbonyl (C=O) groups excluding carboxylic acids is 2. The molecule has 0 aromatic carbocycles. The van der Waals surface area contributed by atoms with E-state index in [0.717, 1.165) is 0 Å². The van der Waals surface area contributed by atoms with Crippen molar-refractivity contribution in [1.82, 2.24) is 10.3 Å². The zero-order valence-corrected chi connectivity index (χ0v) is 10.7. The fraction of sp³-hybridized carbons (Fsp3) is 0.300. The third-order valence-corrected chi connectivity index (χ3v) is 2.30. The van der Waals surface area contributed by atoms with Crippen molar-refractivity contribution >= 4 is 29.2 Å². The Morgan fingerprint density at radius 2 is 2.21 bits per heavy atom. The van der Waals surface area contributed by atoms with Gasteiger partial charge >= 0.3 is 0 Å². The Balaban J connectivity index is 2.41. The number of nitrogens with zero attached hydrogens (tertiary/aromatic N) is 1. The van der Waals surface area contributed by atoms with Crippen molar-refractivity contribution in [3.63, 3.8) is 0 Å². The van der Waals surface area contributed by atoms with Gasteiger partial charge in [-0.15, -0.1) is 0 Å². The minimum atomic E-state index is -0.563. The molecule has 8 nitrogen and oxygen atoms in total. The molecule has 1 heterocycles. The Bertz CT molecular complexity index is 468. The lowest BCUT2D eigenvalue weighted by Crippen LogP contribution is -2.29. The van der Waals surface area contributed by atoms with Crippen molar-refractivity contribution in [2.24, 2.45) is 11.6 Å². The summed E-state index contributed by atoms with van der Waals surface area (Å²) in [7, 11) is 0. The number of nitrogens with two attached hydrogens (primary N) is 2. The number of amides is 2. The first-order valence-corrected chi connectivity index (χ1v) is 5.68. The maximum absolute atomic E-state index is 11.7. The van der Waals surface area contributed by atoms with E-state index in [4.69, 9.17) is 27.9 Å². The number of ether oxygens (including phenoxy) is 1. The molecule has 0 fully saturated rings. The summed E-state index contributed by atoms with van der Waals surface area (Å²) in [5.74, 6) is 4.52. The standard InChI is InChI=1S/C10H14ClN5O3/c11-7-3-6(4-15-9(7)16-13)10(18)14-1-2-19-5-8(12)17/h3-4H,1-2,5,13H2,(H2,12,17)(H,14,18)(H,15,16). The molecule has 0 atom stereocenters. The zero-order chi connectivity index (χ0) is 14.3. The normalized spacial score (nSPS) is 10.0. The van der Waals surface area contributed by atoms with Crippen LogP contribution in [0.25, 0.3) is 0 Å². The highest BCUT2D eigenvalue weighted by molar-refractivity contribution is 6.33. The fourth-order valence-corrected chi connectivity index (χ4v) is 1.40. The number of nitrogens with one attached hydrogen (secondary N) is 2. The van der Waals surface area contributed by atoms with E-state index in [0.29, 0.717) is 5.56 Å². The van der Waals surface area contributed by atoms with E-state index in [2.05, 4.69) is 15.7 Å². The maximum atomic E-state index is 11.7. The van der Waals surface area contributed by atoms with Gasteiger partial charge in [-0.1, -0.05) is 11.6 Å². The van der Waals surface area contributed by atoms with Crippen LogP contribution in [0.1, 0.15) is 10.4 Å². The predicted octanol–water partition coefficient (Wildman–Crippen LogP) is -0.748. The van der Waals surface area contributed by atoms with Crippen LogP contribution in [0.4, 0.5) is 5.82 Å². The highest BCUT2D eigenvalue weighted by atomic mass is 35.5. The highest BCUT2D eigenvalue weighted by Gasteiger charge is 2.09. The molecule has 0 unspecified atom stereocenters. The minimum Gasteiger partial charge on any atom is -0.370 e. The molecular weight excluding hydrogens is 274 g/mol. The molecule has 6 N–H and O–H groups in total. The summed E-state index contributed by atoms with van der Waals surface area (Å²) in [6, 6.07) is 1.43. The molecule has 0 saturated carbocycles. The van der Waals surface area contributed by atoms with Gasteiger partial charge in [-0.05, 0) is 6.07 Å². The zero-order valence-electron chi connectivity index (χ0n) is 9.98.